The molecule has 0 radical (unpaired) electrons. The lowest BCUT2D eigenvalue weighted by atomic mass is 10.1. The zero-order valence-electron chi connectivity index (χ0n) is 12.3. The van der Waals surface area contributed by atoms with E-state index in [1.165, 1.54) is 6.07 Å². The van der Waals surface area contributed by atoms with E-state index in [1.54, 1.807) is 37.3 Å². The van der Waals surface area contributed by atoms with Crippen molar-refractivity contribution in [2.45, 2.75) is 6.92 Å². The molecule has 0 bridgehead atoms. The topological polar surface area (TPSA) is 72.2 Å². The van der Waals surface area contributed by atoms with Crippen LogP contribution in [-0.2, 0) is 0 Å². The summed E-state index contributed by atoms with van der Waals surface area (Å²) in [5.74, 6) is 5.27. The Balaban J connectivity index is 2.01. The van der Waals surface area contributed by atoms with Crippen molar-refractivity contribution in [2.75, 3.05) is 6.54 Å². The summed E-state index contributed by atoms with van der Waals surface area (Å²) in [5, 5.41) is 14.1. The third kappa shape index (κ3) is 4.56. The maximum atomic E-state index is 12.0. The molecule has 0 atom stereocenters. The Kier molecular flexibility index (Phi) is 5.34. The van der Waals surface area contributed by atoms with Gasteiger partial charge in [-0.05, 0) is 31.2 Å². The Morgan fingerprint density at radius 1 is 1.30 bits per heavy atom. The smallest absolute Gasteiger partial charge is 0.273 e. The maximum absolute atomic E-state index is 12.0. The molecule has 1 amide bonds. The molecule has 0 saturated carbocycles. The Hall–Kier alpha value is -2.84. The second kappa shape index (κ2) is 7.43. The van der Waals surface area contributed by atoms with E-state index in [0.29, 0.717) is 10.6 Å². The number of carbonyl (C=O) groups excluding carboxylic acids is 1. The van der Waals surface area contributed by atoms with Crippen LogP contribution in [0.2, 0.25) is 5.02 Å². The van der Waals surface area contributed by atoms with E-state index in [9.17, 15) is 14.9 Å². The number of hydrogen-bond acceptors (Lipinski definition) is 3. The van der Waals surface area contributed by atoms with Gasteiger partial charge in [-0.1, -0.05) is 35.6 Å². The van der Waals surface area contributed by atoms with Gasteiger partial charge in [-0.3, -0.25) is 14.9 Å². The van der Waals surface area contributed by atoms with E-state index in [-0.39, 0.29) is 17.8 Å². The van der Waals surface area contributed by atoms with Crippen LogP contribution >= 0.6 is 11.6 Å². The van der Waals surface area contributed by atoms with E-state index < -0.39 is 10.8 Å². The van der Waals surface area contributed by atoms with Crippen molar-refractivity contribution >= 4 is 23.2 Å². The first-order chi connectivity index (χ1) is 11.0. The average molecular weight is 329 g/mol. The van der Waals surface area contributed by atoms with Crippen molar-refractivity contribution in [1.29, 1.82) is 0 Å². The number of aryl methyl sites for hydroxylation is 1. The summed E-state index contributed by atoms with van der Waals surface area (Å²) in [6, 6.07) is 11.4. The number of rotatable bonds is 3. The third-order valence-electron chi connectivity index (χ3n) is 3.06. The lowest BCUT2D eigenvalue weighted by Gasteiger charge is -2.03. The summed E-state index contributed by atoms with van der Waals surface area (Å²) < 4.78 is 0. The van der Waals surface area contributed by atoms with E-state index >= 15 is 0 Å². The molecule has 0 aromatic heterocycles. The molecule has 2 aromatic rings. The summed E-state index contributed by atoms with van der Waals surface area (Å²) >= 11 is 5.85. The van der Waals surface area contributed by atoms with Gasteiger partial charge in [0.2, 0.25) is 0 Å². The molecule has 0 aliphatic heterocycles. The zero-order valence-corrected chi connectivity index (χ0v) is 13.1. The van der Waals surface area contributed by atoms with E-state index in [0.717, 1.165) is 5.56 Å². The maximum Gasteiger partial charge on any atom is 0.273 e. The standard InChI is InChI=1S/C17H13ClN2O3/c1-12-7-8-14(11-16(12)20(22)23)17(21)19-9-3-5-13-4-2-6-15(18)10-13/h2,4,6-8,10-11H,9H2,1H3,(H,19,21). The largest absolute Gasteiger partial charge is 0.341 e. The molecule has 0 aliphatic carbocycles. The van der Waals surface area contributed by atoms with Gasteiger partial charge in [-0.15, -0.1) is 0 Å². The molecule has 116 valence electrons. The Bertz CT molecular complexity index is 822. The SMILES string of the molecule is Cc1ccc(C(=O)NCC#Cc2cccc(Cl)c2)cc1[N+](=O)[O-]. The first kappa shape index (κ1) is 16.5. The summed E-state index contributed by atoms with van der Waals surface area (Å²) in [5.41, 5.74) is 1.40. The minimum atomic E-state index is -0.509. The lowest BCUT2D eigenvalue weighted by molar-refractivity contribution is -0.385. The first-order valence-electron chi connectivity index (χ1n) is 6.75. The second-order valence-corrected chi connectivity index (χ2v) is 5.19. The number of hydrogen-bond donors (Lipinski definition) is 1. The number of nitrogens with zero attached hydrogens (tertiary/aromatic N) is 1. The van der Waals surface area contributed by atoms with E-state index in [1.807, 2.05) is 6.07 Å². The summed E-state index contributed by atoms with van der Waals surface area (Å²) in [6.45, 7) is 1.75. The van der Waals surface area contributed by atoms with Crippen LogP contribution in [0.1, 0.15) is 21.5 Å². The number of amides is 1. The number of nitro groups is 1. The molecule has 6 heteroatoms. The number of benzene rings is 2. The van der Waals surface area contributed by atoms with Gasteiger partial charge in [0.05, 0.1) is 11.5 Å². The highest BCUT2D eigenvalue weighted by Gasteiger charge is 2.14. The monoisotopic (exact) mass is 328 g/mol. The van der Waals surface area contributed by atoms with Gasteiger partial charge in [0, 0.05) is 27.8 Å². The van der Waals surface area contributed by atoms with Crippen LogP contribution < -0.4 is 5.32 Å². The Morgan fingerprint density at radius 2 is 2.09 bits per heavy atom. The molecule has 0 heterocycles. The van der Waals surface area contributed by atoms with Gasteiger partial charge in [0.1, 0.15) is 0 Å². The van der Waals surface area contributed by atoms with Crippen LogP contribution in [0.3, 0.4) is 0 Å². The van der Waals surface area contributed by atoms with Crippen LogP contribution in [0.5, 0.6) is 0 Å². The van der Waals surface area contributed by atoms with Crippen LogP contribution in [-0.4, -0.2) is 17.4 Å². The number of carbonyl (C=O) groups is 1. The minimum absolute atomic E-state index is 0.0809. The summed E-state index contributed by atoms with van der Waals surface area (Å²) in [7, 11) is 0. The summed E-state index contributed by atoms with van der Waals surface area (Å²) in [6.07, 6.45) is 0. The highest BCUT2D eigenvalue weighted by molar-refractivity contribution is 6.30. The summed E-state index contributed by atoms with van der Waals surface area (Å²) in [4.78, 5) is 22.3. The van der Waals surface area contributed by atoms with Crippen LogP contribution in [0.15, 0.2) is 42.5 Å². The van der Waals surface area contributed by atoms with E-state index in [4.69, 9.17) is 11.6 Å². The molecule has 0 spiro atoms. The quantitative estimate of drug-likeness (QED) is 0.533. The van der Waals surface area contributed by atoms with Crippen LogP contribution in [0.4, 0.5) is 5.69 Å². The number of nitro benzene ring substituents is 1. The lowest BCUT2D eigenvalue weighted by Crippen LogP contribution is -2.23. The zero-order chi connectivity index (χ0) is 16.8. The molecule has 1 N–H and O–H groups in total. The second-order valence-electron chi connectivity index (χ2n) is 4.75. The molecule has 0 unspecified atom stereocenters. The number of nitrogens with one attached hydrogen (secondary N) is 1. The first-order valence-corrected chi connectivity index (χ1v) is 7.13. The van der Waals surface area contributed by atoms with Crippen LogP contribution in [0, 0.1) is 28.9 Å². The van der Waals surface area contributed by atoms with Gasteiger partial charge in [-0.2, -0.15) is 0 Å². The predicted octanol–water partition coefficient (Wildman–Crippen LogP) is 3.34. The van der Waals surface area contributed by atoms with Gasteiger partial charge in [0.15, 0.2) is 0 Å². The molecule has 2 rings (SSSR count). The fourth-order valence-corrected chi connectivity index (χ4v) is 2.08. The predicted molar refractivity (Wildman–Crippen MR) is 88.5 cm³/mol. The van der Waals surface area contributed by atoms with Crippen molar-refractivity contribution in [3.8, 4) is 11.8 Å². The van der Waals surface area contributed by atoms with Crippen molar-refractivity contribution in [3.63, 3.8) is 0 Å². The molecule has 0 saturated heterocycles. The third-order valence-corrected chi connectivity index (χ3v) is 3.30. The molecule has 5 nitrogen and oxygen atoms in total. The fourth-order valence-electron chi connectivity index (χ4n) is 1.89. The molecule has 0 aliphatic rings. The average Bonchev–Trinajstić information content (AvgIpc) is 2.51. The molecule has 23 heavy (non-hydrogen) atoms. The Labute approximate surface area is 138 Å². The highest BCUT2D eigenvalue weighted by Crippen LogP contribution is 2.19. The van der Waals surface area contributed by atoms with Crippen molar-refractivity contribution < 1.29 is 9.72 Å². The van der Waals surface area contributed by atoms with Gasteiger partial charge >= 0.3 is 0 Å². The molecule has 0 fully saturated rings. The number of halogens is 1. The molecular formula is C17H13ClN2O3. The van der Waals surface area contributed by atoms with Gasteiger partial charge in [-0.25, -0.2) is 0 Å². The molecule has 2 aromatic carbocycles. The Morgan fingerprint density at radius 3 is 2.78 bits per heavy atom. The van der Waals surface area contributed by atoms with Gasteiger partial charge < -0.3 is 5.32 Å². The van der Waals surface area contributed by atoms with Crippen LogP contribution in [0.25, 0.3) is 0 Å². The normalized spacial score (nSPS) is 9.65. The molecular weight excluding hydrogens is 316 g/mol. The van der Waals surface area contributed by atoms with Gasteiger partial charge in [0.25, 0.3) is 11.6 Å². The fraction of sp³-hybridized carbons (Fsp3) is 0.118. The van der Waals surface area contributed by atoms with Crippen molar-refractivity contribution in [1.82, 2.24) is 5.32 Å². The van der Waals surface area contributed by atoms with Crippen molar-refractivity contribution in [2.24, 2.45) is 0 Å². The minimum Gasteiger partial charge on any atom is -0.341 e. The van der Waals surface area contributed by atoms with Crippen molar-refractivity contribution in [3.05, 3.63) is 74.3 Å². The van der Waals surface area contributed by atoms with E-state index in [2.05, 4.69) is 17.2 Å². The highest BCUT2D eigenvalue weighted by atomic mass is 35.5.